The highest BCUT2D eigenvalue weighted by atomic mass is 35.5. The lowest BCUT2D eigenvalue weighted by atomic mass is 10.1. The number of rotatable bonds is 6. The lowest BCUT2D eigenvalue weighted by Crippen LogP contribution is -2.33. The average molecular weight is 435 g/mol. The highest BCUT2D eigenvalue weighted by Crippen LogP contribution is 2.31. The van der Waals surface area contributed by atoms with Crippen LogP contribution < -0.4 is 11.5 Å². The highest BCUT2D eigenvalue weighted by Gasteiger charge is 2.43. The first-order chi connectivity index (χ1) is 13.3. The van der Waals surface area contributed by atoms with E-state index in [1.54, 1.807) is 11.8 Å². The third-order valence-corrected chi connectivity index (χ3v) is 5.03. The van der Waals surface area contributed by atoms with E-state index < -0.39 is 42.4 Å². The van der Waals surface area contributed by atoms with Gasteiger partial charge in [-0.25, -0.2) is 15.0 Å². The SMILES string of the molecule is CSCC[C@H](N)C(=O)Cl.Nc1ncnc2c1ncn2[C@@H]1O[C@H](CO)[C@@H](O)[C@H]1O. The van der Waals surface area contributed by atoms with Crippen molar-refractivity contribution in [2.45, 2.75) is 37.0 Å². The zero-order chi connectivity index (χ0) is 20.8. The third-order valence-electron chi connectivity index (χ3n) is 4.10. The van der Waals surface area contributed by atoms with Crippen molar-refractivity contribution in [3.63, 3.8) is 0 Å². The van der Waals surface area contributed by atoms with Gasteiger partial charge in [0, 0.05) is 0 Å². The van der Waals surface area contributed by atoms with Gasteiger partial charge in [-0.1, -0.05) is 0 Å². The number of aromatic nitrogens is 4. The molecule has 28 heavy (non-hydrogen) atoms. The van der Waals surface area contributed by atoms with Crippen LogP contribution in [0.25, 0.3) is 11.2 Å². The predicted octanol–water partition coefficient (Wildman–Crippen LogP) is -1.15. The van der Waals surface area contributed by atoms with Gasteiger partial charge in [0.05, 0.1) is 19.0 Å². The molecule has 13 heteroatoms. The number of aliphatic hydroxyl groups is 3. The summed E-state index contributed by atoms with van der Waals surface area (Å²) in [5, 5.41) is 28.3. The molecule has 11 nitrogen and oxygen atoms in total. The Kier molecular flexibility index (Phi) is 8.37. The molecule has 0 saturated carbocycles. The number of carbonyl (C=O) groups is 1. The number of imidazole rings is 1. The first-order valence-electron chi connectivity index (χ1n) is 8.31. The Morgan fingerprint density at radius 3 is 2.68 bits per heavy atom. The van der Waals surface area contributed by atoms with Crippen LogP contribution in [0.15, 0.2) is 12.7 Å². The molecule has 1 fully saturated rings. The van der Waals surface area contributed by atoms with E-state index in [9.17, 15) is 15.0 Å². The lowest BCUT2D eigenvalue weighted by molar-refractivity contribution is -0.112. The van der Waals surface area contributed by atoms with Crippen LogP contribution in [0.1, 0.15) is 12.6 Å². The van der Waals surface area contributed by atoms with Crippen LogP contribution in [0.3, 0.4) is 0 Å². The van der Waals surface area contributed by atoms with E-state index in [2.05, 4.69) is 15.0 Å². The van der Waals surface area contributed by atoms with Crippen molar-refractivity contribution in [2.75, 3.05) is 24.3 Å². The minimum absolute atomic E-state index is 0.218. The zero-order valence-electron chi connectivity index (χ0n) is 15.1. The fraction of sp³-hybridized carbons (Fsp3) is 0.600. The Bertz CT molecular complexity index is 795. The zero-order valence-corrected chi connectivity index (χ0v) is 16.6. The quantitative estimate of drug-likeness (QED) is 0.346. The molecule has 1 aliphatic heterocycles. The minimum atomic E-state index is -1.19. The normalized spacial score (nSPS) is 25.4. The molecule has 0 radical (unpaired) electrons. The van der Waals surface area contributed by atoms with Gasteiger partial charge < -0.3 is 31.5 Å². The standard InChI is InChI=1S/C10H13N5O4.C5H10ClNOS/c11-8-5-9(13-2-12-8)15(3-14-5)10-7(18)6(17)4(1-16)19-10;1-9-3-2-4(7)5(6)8/h2-4,6-7,10,16-18H,1H2,(H2,11,12,13);4H,2-3,7H2,1H3/t4-,6-,7-,10-;4-/m10/s1. The van der Waals surface area contributed by atoms with E-state index >= 15 is 0 Å². The second-order valence-electron chi connectivity index (χ2n) is 6.00. The summed E-state index contributed by atoms with van der Waals surface area (Å²) in [5.74, 6) is 1.11. The molecule has 0 bridgehead atoms. The number of nitrogens with two attached hydrogens (primary N) is 2. The number of hydrogen-bond donors (Lipinski definition) is 5. The molecule has 0 aliphatic carbocycles. The molecule has 2 aromatic heterocycles. The summed E-state index contributed by atoms with van der Waals surface area (Å²) in [6.07, 6.45) is 1.21. The maximum atomic E-state index is 10.3. The molecule has 3 rings (SSSR count). The molecule has 156 valence electrons. The maximum absolute atomic E-state index is 10.3. The number of hydrogen-bond acceptors (Lipinski definition) is 11. The molecular weight excluding hydrogens is 412 g/mol. The first kappa shape index (κ1) is 22.7. The maximum Gasteiger partial charge on any atom is 0.238 e. The second-order valence-corrected chi connectivity index (χ2v) is 7.36. The van der Waals surface area contributed by atoms with Crippen molar-refractivity contribution in [3.8, 4) is 0 Å². The van der Waals surface area contributed by atoms with Crippen molar-refractivity contribution in [1.82, 2.24) is 19.5 Å². The molecule has 3 heterocycles. The lowest BCUT2D eigenvalue weighted by Gasteiger charge is -2.16. The number of thioether (sulfide) groups is 1. The number of ether oxygens (including phenoxy) is 1. The van der Waals surface area contributed by atoms with Gasteiger partial charge >= 0.3 is 0 Å². The molecule has 7 N–H and O–H groups in total. The van der Waals surface area contributed by atoms with Crippen molar-refractivity contribution in [3.05, 3.63) is 12.7 Å². The van der Waals surface area contributed by atoms with Gasteiger partial charge in [-0.2, -0.15) is 11.8 Å². The molecule has 1 saturated heterocycles. The van der Waals surface area contributed by atoms with Gasteiger partial charge in [0.1, 0.15) is 30.2 Å². The number of anilines is 1. The topological polar surface area (TPSA) is 183 Å². The highest BCUT2D eigenvalue weighted by molar-refractivity contribution is 7.98. The summed E-state index contributed by atoms with van der Waals surface area (Å²) in [6.45, 7) is -0.390. The summed E-state index contributed by atoms with van der Waals surface area (Å²) in [5.41, 5.74) is 11.8. The molecule has 0 amide bonds. The Hall–Kier alpha value is -1.54. The van der Waals surface area contributed by atoms with Crippen LogP contribution in [0.4, 0.5) is 5.82 Å². The van der Waals surface area contributed by atoms with Crippen LogP contribution >= 0.6 is 23.4 Å². The van der Waals surface area contributed by atoms with Gasteiger partial charge in [-0.15, -0.1) is 0 Å². The smallest absolute Gasteiger partial charge is 0.238 e. The number of halogens is 1. The monoisotopic (exact) mass is 434 g/mol. The van der Waals surface area contributed by atoms with Crippen LogP contribution in [0.2, 0.25) is 0 Å². The van der Waals surface area contributed by atoms with Crippen molar-refractivity contribution < 1.29 is 24.9 Å². The number of fused-ring (bicyclic) bond motifs is 1. The fourth-order valence-electron chi connectivity index (χ4n) is 2.52. The van der Waals surface area contributed by atoms with Crippen LogP contribution in [-0.4, -0.2) is 83.1 Å². The van der Waals surface area contributed by atoms with E-state index in [0.29, 0.717) is 17.6 Å². The van der Waals surface area contributed by atoms with E-state index in [4.69, 9.17) is 32.9 Å². The van der Waals surface area contributed by atoms with Crippen molar-refractivity contribution >= 4 is 45.6 Å². The minimum Gasteiger partial charge on any atom is -0.394 e. The molecule has 0 spiro atoms. The van der Waals surface area contributed by atoms with E-state index in [0.717, 1.165) is 5.75 Å². The molecule has 0 aromatic carbocycles. The van der Waals surface area contributed by atoms with Crippen LogP contribution in [0, 0.1) is 0 Å². The Balaban J connectivity index is 0.000000266. The number of carbonyl (C=O) groups excluding carboxylic acids is 1. The van der Waals surface area contributed by atoms with Gasteiger partial charge in [0.25, 0.3) is 0 Å². The number of nitrogens with zero attached hydrogens (tertiary/aromatic N) is 4. The van der Waals surface area contributed by atoms with Gasteiger partial charge in [0.15, 0.2) is 17.7 Å². The van der Waals surface area contributed by atoms with E-state index in [1.807, 2.05) is 6.26 Å². The third kappa shape index (κ3) is 5.08. The van der Waals surface area contributed by atoms with E-state index in [-0.39, 0.29) is 5.82 Å². The molecular formula is C15H23ClN6O5S. The first-order valence-corrected chi connectivity index (χ1v) is 10.1. The molecule has 5 atom stereocenters. The largest absolute Gasteiger partial charge is 0.394 e. The van der Waals surface area contributed by atoms with Crippen molar-refractivity contribution in [2.24, 2.45) is 5.73 Å². The van der Waals surface area contributed by atoms with Gasteiger partial charge in [-0.3, -0.25) is 9.36 Å². The summed E-state index contributed by atoms with van der Waals surface area (Å²) in [6, 6.07) is -0.473. The summed E-state index contributed by atoms with van der Waals surface area (Å²) < 4.78 is 6.85. The molecule has 0 unspecified atom stereocenters. The average Bonchev–Trinajstić information content (AvgIpc) is 3.23. The van der Waals surface area contributed by atoms with E-state index in [1.165, 1.54) is 17.2 Å². The predicted molar refractivity (Wildman–Crippen MR) is 105 cm³/mol. The molecule has 2 aromatic rings. The Labute approximate surface area is 170 Å². The van der Waals surface area contributed by atoms with Crippen LogP contribution in [-0.2, 0) is 9.53 Å². The second kappa shape index (κ2) is 10.3. The van der Waals surface area contributed by atoms with Gasteiger partial charge in [-0.05, 0) is 30.0 Å². The fourth-order valence-corrected chi connectivity index (χ4v) is 3.12. The number of nitrogen functional groups attached to an aromatic ring is 1. The Morgan fingerprint density at radius 2 is 2.11 bits per heavy atom. The van der Waals surface area contributed by atoms with Crippen LogP contribution in [0.5, 0.6) is 0 Å². The summed E-state index contributed by atoms with van der Waals surface area (Å²) in [7, 11) is 0. The summed E-state index contributed by atoms with van der Waals surface area (Å²) >= 11 is 6.75. The van der Waals surface area contributed by atoms with Crippen molar-refractivity contribution in [1.29, 1.82) is 0 Å². The van der Waals surface area contributed by atoms with Gasteiger partial charge in [0.2, 0.25) is 5.24 Å². The number of aliphatic hydroxyl groups excluding tert-OH is 3. The molecule has 1 aliphatic rings. The Morgan fingerprint density at radius 1 is 1.39 bits per heavy atom. The summed E-state index contributed by atoms with van der Waals surface area (Å²) in [4.78, 5) is 22.2.